The van der Waals surface area contributed by atoms with Crippen LogP contribution in [0.5, 0.6) is 17.2 Å². The maximum Gasteiger partial charge on any atom is 0.345 e. The number of rotatable bonds is 10. The second-order valence-electron chi connectivity index (χ2n) is 6.82. The van der Waals surface area contributed by atoms with Crippen LogP contribution in [0.4, 0.5) is 5.69 Å². The van der Waals surface area contributed by atoms with Crippen LogP contribution in [0.1, 0.15) is 22.8 Å². The van der Waals surface area contributed by atoms with Gasteiger partial charge in [-0.3, -0.25) is 14.9 Å². The molecule has 0 unspecified atom stereocenters. The highest BCUT2D eigenvalue weighted by Gasteiger charge is 2.16. The van der Waals surface area contributed by atoms with Crippen LogP contribution in [0.3, 0.4) is 0 Å². The fourth-order valence-electron chi connectivity index (χ4n) is 2.82. The van der Waals surface area contributed by atoms with Crippen LogP contribution < -0.4 is 19.6 Å². The Hall–Kier alpha value is -4.44. The lowest BCUT2D eigenvalue weighted by atomic mass is 10.2. The minimum Gasteiger partial charge on any atom is -0.490 e. The average molecular weight is 498 g/mol. The van der Waals surface area contributed by atoms with Gasteiger partial charge < -0.3 is 14.2 Å². The van der Waals surface area contributed by atoms with E-state index in [-0.39, 0.29) is 27.8 Å². The first-order chi connectivity index (χ1) is 16.9. The second kappa shape index (κ2) is 12.1. The van der Waals surface area contributed by atoms with Gasteiger partial charge in [0.15, 0.2) is 23.9 Å². The molecule has 11 heteroatoms. The number of amides is 1. The molecule has 3 rings (SSSR count). The fraction of sp³-hybridized carbons (Fsp3) is 0.125. The molecule has 0 atom stereocenters. The minimum atomic E-state index is -0.635. The number of para-hydroxylation sites is 2. The number of carbonyl (C=O) groups is 2. The van der Waals surface area contributed by atoms with Crippen molar-refractivity contribution in [3.63, 3.8) is 0 Å². The maximum atomic E-state index is 12.5. The second-order valence-corrected chi connectivity index (χ2v) is 7.22. The van der Waals surface area contributed by atoms with Gasteiger partial charge in [0.2, 0.25) is 0 Å². The Kier molecular flexibility index (Phi) is 8.74. The van der Waals surface area contributed by atoms with Crippen molar-refractivity contribution < 1.29 is 28.7 Å². The Balaban J connectivity index is 1.62. The van der Waals surface area contributed by atoms with Crippen molar-refractivity contribution in [1.29, 1.82) is 0 Å². The molecule has 3 aromatic rings. The zero-order valence-electron chi connectivity index (χ0n) is 18.5. The monoisotopic (exact) mass is 497 g/mol. The number of nitrogens with one attached hydrogen (secondary N) is 1. The number of esters is 1. The summed E-state index contributed by atoms with van der Waals surface area (Å²) in [6.07, 6.45) is 1.35. The molecule has 10 nitrogen and oxygen atoms in total. The van der Waals surface area contributed by atoms with E-state index in [1.165, 1.54) is 30.5 Å². The third kappa shape index (κ3) is 7.02. The predicted molar refractivity (Wildman–Crippen MR) is 128 cm³/mol. The number of benzene rings is 3. The van der Waals surface area contributed by atoms with Gasteiger partial charge in [-0.1, -0.05) is 35.9 Å². The van der Waals surface area contributed by atoms with Crippen LogP contribution in [-0.4, -0.2) is 36.2 Å². The number of nitro benzene ring substituents is 1. The molecule has 3 aromatic carbocycles. The van der Waals surface area contributed by atoms with Crippen molar-refractivity contribution in [1.82, 2.24) is 5.43 Å². The highest BCUT2D eigenvalue weighted by atomic mass is 35.5. The van der Waals surface area contributed by atoms with Crippen LogP contribution in [0.15, 0.2) is 71.8 Å². The molecule has 0 aromatic heterocycles. The molecule has 0 bridgehead atoms. The Morgan fingerprint density at radius 2 is 1.77 bits per heavy atom. The predicted octanol–water partition coefficient (Wildman–Crippen LogP) is 4.40. The summed E-state index contributed by atoms with van der Waals surface area (Å²) in [5.41, 5.74) is 2.79. The van der Waals surface area contributed by atoms with Gasteiger partial charge >= 0.3 is 11.7 Å². The molecule has 0 heterocycles. The van der Waals surface area contributed by atoms with Crippen LogP contribution in [0.25, 0.3) is 0 Å². The van der Waals surface area contributed by atoms with E-state index < -0.39 is 23.4 Å². The van der Waals surface area contributed by atoms with Crippen LogP contribution >= 0.6 is 11.6 Å². The summed E-state index contributed by atoms with van der Waals surface area (Å²) in [7, 11) is 0. The molecule has 0 aliphatic heterocycles. The van der Waals surface area contributed by atoms with Crippen molar-refractivity contribution in [3.8, 4) is 17.2 Å². The number of halogens is 1. The number of hydrogen-bond donors (Lipinski definition) is 1. The zero-order chi connectivity index (χ0) is 25.2. The molecule has 1 amide bonds. The highest BCUT2D eigenvalue weighted by Crippen LogP contribution is 2.30. The first-order valence-corrected chi connectivity index (χ1v) is 10.7. The standard InChI is InChI=1S/C24H20ClN3O7/c1-2-33-22-13-16(11-12-21(22)35-24(30)17-7-3-4-8-18(17)25)14-26-27-23(29)15-34-20-10-6-5-9-19(20)28(31)32/h3-14H,2,15H2,1H3,(H,27,29)/b26-14+. The Morgan fingerprint density at radius 1 is 1.03 bits per heavy atom. The van der Waals surface area contributed by atoms with Crippen molar-refractivity contribution in [2.45, 2.75) is 6.92 Å². The molecule has 35 heavy (non-hydrogen) atoms. The SMILES string of the molecule is CCOc1cc(/C=N/NC(=O)COc2ccccc2[N+](=O)[O-])ccc1OC(=O)c1ccccc1Cl. The van der Waals surface area contributed by atoms with Gasteiger partial charge in [0, 0.05) is 6.07 Å². The lowest BCUT2D eigenvalue weighted by Gasteiger charge is -2.12. The summed E-state index contributed by atoms with van der Waals surface area (Å²) in [5, 5.41) is 15.1. The van der Waals surface area contributed by atoms with E-state index in [1.54, 1.807) is 49.4 Å². The molecule has 0 fully saturated rings. The summed E-state index contributed by atoms with van der Waals surface area (Å²) in [4.78, 5) is 34.8. The molecule has 0 spiro atoms. The quantitative estimate of drug-likeness (QED) is 0.144. The van der Waals surface area contributed by atoms with Gasteiger partial charge in [-0.25, -0.2) is 10.2 Å². The van der Waals surface area contributed by atoms with E-state index in [4.69, 9.17) is 25.8 Å². The van der Waals surface area contributed by atoms with Crippen LogP contribution in [0, 0.1) is 10.1 Å². The van der Waals surface area contributed by atoms with Crippen molar-refractivity contribution >= 4 is 35.4 Å². The number of nitro groups is 1. The van der Waals surface area contributed by atoms with E-state index >= 15 is 0 Å². The third-order valence-electron chi connectivity index (χ3n) is 4.39. The number of hydrogen-bond acceptors (Lipinski definition) is 8. The summed E-state index contributed by atoms with van der Waals surface area (Å²) in [5.74, 6) is -0.794. The molecule has 0 radical (unpaired) electrons. The van der Waals surface area contributed by atoms with E-state index in [0.717, 1.165) is 0 Å². The first-order valence-electron chi connectivity index (χ1n) is 10.3. The number of hydrazone groups is 1. The Morgan fingerprint density at radius 3 is 2.51 bits per heavy atom. The molecule has 1 N–H and O–H groups in total. The van der Waals surface area contributed by atoms with E-state index in [1.807, 2.05) is 0 Å². The molecule has 180 valence electrons. The van der Waals surface area contributed by atoms with E-state index in [0.29, 0.717) is 17.9 Å². The normalized spacial score (nSPS) is 10.6. The number of carbonyl (C=O) groups excluding carboxylic acids is 2. The molecule has 0 aliphatic rings. The lowest BCUT2D eigenvalue weighted by molar-refractivity contribution is -0.385. The number of ether oxygens (including phenoxy) is 3. The third-order valence-corrected chi connectivity index (χ3v) is 4.72. The molecular weight excluding hydrogens is 478 g/mol. The first kappa shape index (κ1) is 25.2. The van der Waals surface area contributed by atoms with Gasteiger partial charge in [0.25, 0.3) is 5.91 Å². The maximum absolute atomic E-state index is 12.5. The zero-order valence-corrected chi connectivity index (χ0v) is 19.2. The van der Waals surface area contributed by atoms with Gasteiger partial charge in [0.1, 0.15) is 0 Å². The topological polar surface area (TPSA) is 129 Å². The average Bonchev–Trinajstić information content (AvgIpc) is 2.84. The smallest absolute Gasteiger partial charge is 0.345 e. The largest absolute Gasteiger partial charge is 0.490 e. The van der Waals surface area contributed by atoms with Gasteiger partial charge in [-0.2, -0.15) is 5.10 Å². The van der Waals surface area contributed by atoms with Crippen molar-refractivity contribution in [2.75, 3.05) is 13.2 Å². The van der Waals surface area contributed by atoms with E-state index in [2.05, 4.69) is 10.5 Å². The summed E-state index contributed by atoms with van der Waals surface area (Å²) >= 11 is 6.05. The van der Waals surface area contributed by atoms with Gasteiger partial charge in [-0.05, 0) is 48.9 Å². The summed E-state index contributed by atoms with van der Waals surface area (Å²) in [6, 6.07) is 17.0. The Bertz CT molecular complexity index is 1260. The number of nitrogens with zero attached hydrogens (tertiary/aromatic N) is 2. The molecular formula is C24H20ClN3O7. The fourth-order valence-corrected chi connectivity index (χ4v) is 3.04. The van der Waals surface area contributed by atoms with Crippen LogP contribution in [-0.2, 0) is 4.79 Å². The lowest BCUT2D eigenvalue weighted by Crippen LogP contribution is -2.24. The van der Waals surface area contributed by atoms with Crippen LogP contribution in [0.2, 0.25) is 5.02 Å². The highest BCUT2D eigenvalue weighted by molar-refractivity contribution is 6.33. The minimum absolute atomic E-state index is 0.0279. The summed E-state index contributed by atoms with van der Waals surface area (Å²) < 4.78 is 16.2. The van der Waals surface area contributed by atoms with E-state index in [9.17, 15) is 19.7 Å². The van der Waals surface area contributed by atoms with Crippen molar-refractivity contribution in [2.24, 2.45) is 5.10 Å². The molecule has 0 saturated heterocycles. The van der Waals surface area contributed by atoms with Gasteiger partial charge in [0.05, 0.1) is 28.3 Å². The summed E-state index contributed by atoms with van der Waals surface area (Å²) in [6.45, 7) is 1.62. The molecule has 0 aliphatic carbocycles. The molecule has 0 saturated carbocycles. The van der Waals surface area contributed by atoms with Crippen molar-refractivity contribution in [3.05, 3.63) is 93.0 Å². The van der Waals surface area contributed by atoms with Gasteiger partial charge in [-0.15, -0.1) is 0 Å². The Labute approximate surface area is 205 Å².